The molecule has 0 heterocycles. The highest BCUT2D eigenvalue weighted by Crippen LogP contribution is 2.16. The molecule has 0 aromatic heterocycles. The van der Waals surface area contributed by atoms with E-state index in [-0.39, 0.29) is 12.4 Å². The number of rotatable bonds is 3. The van der Waals surface area contributed by atoms with Gasteiger partial charge in [-0.2, -0.15) is 0 Å². The minimum atomic E-state index is -0.633. The standard InChI is InChI=1S/C10H11FO2/c11-9-7-8(3-1-2-6-12)4-5-10(9)13/h1,3-5,7,12-13H,2,6H2. The molecule has 13 heavy (non-hydrogen) atoms. The zero-order valence-electron chi connectivity index (χ0n) is 7.07. The first-order valence-corrected chi connectivity index (χ1v) is 4.00. The summed E-state index contributed by atoms with van der Waals surface area (Å²) >= 11 is 0. The topological polar surface area (TPSA) is 40.5 Å². The van der Waals surface area contributed by atoms with Crippen LogP contribution < -0.4 is 0 Å². The second-order valence-electron chi connectivity index (χ2n) is 2.63. The molecular formula is C10H11FO2. The quantitative estimate of drug-likeness (QED) is 0.749. The van der Waals surface area contributed by atoms with Gasteiger partial charge in [0.25, 0.3) is 0 Å². The fourth-order valence-corrected chi connectivity index (χ4v) is 0.921. The summed E-state index contributed by atoms with van der Waals surface area (Å²) < 4.78 is 12.8. The van der Waals surface area contributed by atoms with Crippen molar-refractivity contribution >= 4 is 6.08 Å². The second-order valence-corrected chi connectivity index (χ2v) is 2.63. The maximum Gasteiger partial charge on any atom is 0.165 e. The van der Waals surface area contributed by atoms with Crippen LogP contribution in [-0.2, 0) is 0 Å². The molecule has 0 fully saturated rings. The highest BCUT2D eigenvalue weighted by Gasteiger charge is 1.98. The summed E-state index contributed by atoms with van der Waals surface area (Å²) in [4.78, 5) is 0. The Labute approximate surface area is 76.0 Å². The predicted octanol–water partition coefficient (Wildman–Crippen LogP) is 1.93. The predicted molar refractivity (Wildman–Crippen MR) is 48.8 cm³/mol. The van der Waals surface area contributed by atoms with Crippen molar-refractivity contribution in [1.29, 1.82) is 0 Å². The monoisotopic (exact) mass is 182 g/mol. The highest BCUT2D eigenvalue weighted by atomic mass is 19.1. The summed E-state index contributed by atoms with van der Waals surface area (Å²) in [6, 6.07) is 4.14. The van der Waals surface area contributed by atoms with E-state index < -0.39 is 5.82 Å². The van der Waals surface area contributed by atoms with Crippen LogP contribution in [0.1, 0.15) is 12.0 Å². The van der Waals surface area contributed by atoms with Gasteiger partial charge >= 0.3 is 0 Å². The fraction of sp³-hybridized carbons (Fsp3) is 0.200. The van der Waals surface area contributed by atoms with Gasteiger partial charge in [-0.05, 0) is 24.1 Å². The van der Waals surface area contributed by atoms with E-state index in [0.29, 0.717) is 12.0 Å². The number of benzene rings is 1. The lowest BCUT2D eigenvalue weighted by atomic mass is 10.2. The third kappa shape index (κ3) is 2.87. The van der Waals surface area contributed by atoms with Gasteiger partial charge in [0.2, 0.25) is 0 Å². The number of halogens is 1. The first-order valence-electron chi connectivity index (χ1n) is 4.00. The Bertz CT molecular complexity index is 308. The van der Waals surface area contributed by atoms with Crippen LogP contribution in [0.25, 0.3) is 6.08 Å². The number of aliphatic hydroxyl groups is 1. The first kappa shape index (κ1) is 9.74. The SMILES string of the molecule is OCCC=Cc1ccc(O)c(F)c1. The van der Waals surface area contributed by atoms with Gasteiger partial charge in [-0.3, -0.25) is 0 Å². The Hall–Kier alpha value is -1.35. The molecule has 1 rings (SSSR count). The van der Waals surface area contributed by atoms with Gasteiger partial charge in [0, 0.05) is 6.61 Å². The molecule has 70 valence electrons. The zero-order chi connectivity index (χ0) is 9.68. The van der Waals surface area contributed by atoms with E-state index >= 15 is 0 Å². The molecule has 0 unspecified atom stereocenters. The molecule has 0 aliphatic rings. The number of phenolic OH excluding ortho intramolecular Hbond substituents is 1. The lowest BCUT2D eigenvalue weighted by molar-refractivity contribution is 0.303. The van der Waals surface area contributed by atoms with Crippen molar-refractivity contribution in [3.05, 3.63) is 35.7 Å². The molecule has 0 bridgehead atoms. The van der Waals surface area contributed by atoms with Gasteiger partial charge in [0.05, 0.1) is 0 Å². The number of phenols is 1. The maximum atomic E-state index is 12.8. The summed E-state index contributed by atoms with van der Waals surface area (Å²) in [5, 5.41) is 17.4. The minimum absolute atomic E-state index is 0.0804. The van der Waals surface area contributed by atoms with E-state index in [9.17, 15) is 4.39 Å². The summed E-state index contributed by atoms with van der Waals surface area (Å²) in [6.45, 7) is 0.0804. The molecule has 0 atom stereocenters. The normalized spacial score (nSPS) is 10.9. The van der Waals surface area contributed by atoms with Gasteiger partial charge in [0.15, 0.2) is 11.6 Å². The van der Waals surface area contributed by atoms with Crippen LogP contribution in [0.4, 0.5) is 4.39 Å². The molecule has 0 saturated carbocycles. The Morgan fingerprint density at radius 1 is 1.38 bits per heavy atom. The number of hydrogen-bond donors (Lipinski definition) is 2. The smallest absolute Gasteiger partial charge is 0.165 e. The highest BCUT2D eigenvalue weighted by molar-refractivity contribution is 5.50. The first-order chi connectivity index (χ1) is 6.24. The molecule has 0 spiro atoms. The number of aromatic hydroxyl groups is 1. The second kappa shape index (κ2) is 4.62. The lowest BCUT2D eigenvalue weighted by Gasteiger charge is -1.96. The van der Waals surface area contributed by atoms with Crippen molar-refractivity contribution in [2.75, 3.05) is 6.61 Å². The maximum absolute atomic E-state index is 12.8. The van der Waals surface area contributed by atoms with Crippen LogP contribution in [0.2, 0.25) is 0 Å². The largest absolute Gasteiger partial charge is 0.505 e. The summed E-state index contributed by atoms with van der Waals surface area (Å²) in [6.07, 6.45) is 3.98. The lowest BCUT2D eigenvalue weighted by Crippen LogP contribution is -1.79. The Kier molecular flexibility index (Phi) is 3.46. The van der Waals surface area contributed by atoms with Crippen LogP contribution in [0, 0.1) is 5.82 Å². The molecule has 2 N–H and O–H groups in total. The van der Waals surface area contributed by atoms with E-state index in [4.69, 9.17) is 10.2 Å². The van der Waals surface area contributed by atoms with Gasteiger partial charge in [-0.1, -0.05) is 18.2 Å². The van der Waals surface area contributed by atoms with Crippen molar-refractivity contribution in [1.82, 2.24) is 0 Å². The van der Waals surface area contributed by atoms with E-state index in [0.717, 1.165) is 0 Å². The van der Waals surface area contributed by atoms with E-state index in [2.05, 4.69) is 0 Å². The van der Waals surface area contributed by atoms with Gasteiger partial charge in [-0.25, -0.2) is 4.39 Å². The van der Waals surface area contributed by atoms with Crippen molar-refractivity contribution in [3.8, 4) is 5.75 Å². The van der Waals surface area contributed by atoms with Crippen LogP contribution in [0.5, 0.6) is 5.75 Å². The number of aliphatic hydroxyl groups excluding tert-OH is 1. The van der Waals surface area contributed by atoms with E-state index in [1.165, 1.54) is 12.1 Å². The molecule has 3 heteroatoms. The minimum Gasteiger partial charge on any atom is -0.505 e. The molecular weight excluding hydrogens is 171 g/mol. The van der Waals surface area contributed by atoms with E-state index in [1.54, 1.807) is 18.2 Å². The summed E-state index contributed by atoms with van der Waals surface area (Å²) in [5.41, 5.74) is 0.670. The Balaban J connectivity index is 2.73. The molecule has 1 aromatic carbocycles. The van der Waals surface area contributed by atoms with Gasteiger partial charge in [0.1, 0.15) is 0 Å². The average Bonchev–Trinajstić information content (AvgIpc) is 2.12. The Morgan fingerprint density at radius 3 is 2.77 bits per heavy atom. The average molecular weight is 182 g/mol. The van der Waals surface area contributed by atoms with Crippen LogP contribution in [-0.4, -0.2) is 16.8 Å². The van der Waals surface area contributed by atoms with Crippen molar-refractivity contribution < 1.29 is 14.6 Å². The summed E-state index contributed by atoms with van der Waals surface area (Å²) in [5.74, 6) is -0.981. The molecule has 0 aliphatic carbocycles. The molecule has 0 amide bonds. The molecule has 1 aromatic rings. The molecule has 0 saturated heterocycles. The van der Waals surface area contributed by atoms with Crippen molar-refractivity contribution in [3.63, 3.8) is 0 Å². The van der Waals surface area contributed by atoms with Crippen molar-refractivity contribution in [2.45, 2.75) is 6.42 Å². The molecule has 2 nitrogen and oxygen atoms in total. The fourth-order valence-electron chi connectivity index (χ4n) is 0.921. The third-order valence-electron chi connectivity index (χ3n) is 1.58. The van der Waals surface area contributed by atoms with Gasteiger partial charge < -0.3 is 10.2 Å². The Morgan fingerprint density at radius 2 is 2.15 bits per heavy atom. The van der Waals surface area contributed by atoms with Crippen LogP contribution in [0.3, 0.4) is 0 Å². The molecule has 0 aliphatic heterocycles. The summed E-state index contributed by atoms with van der Waals surface area (Å²) in [7, 11) is 0. The number of hydrogen-bond acceptors (Lipinski definition) is 2. The van der Waals surface area contributed by atoms with Crippen LogP contribution in [0.15, 0.2) is 24.3 Å². The van der Waals surface area contributed by atoms with E-state index in [1.807, 2.05) is 0 Å². The van der Waals surface area contributed by atoms with Crippen molar-refractivity contribution in [2.24, 2.45) is 0 Å². The van der Waals surface area contributed by atoms with Crippen LogP contribution >= 0.6 is 0 Å². The van der Waals surface area contributed by atoms with Gasteiger partial charge in [-0.15, -0.1) is 0 Å². The molecule has 0 radical (unpaired) electrons. The third-order valence-corrected chi connectivity index (χ3v) is 1.58. The zero-order valence-corrected chi connectivity index (χ0v) is 7.07.